The summed E-state index contributed by atoms with van der Waals surface area (Å²) in [5.41, 5.74) is 4.94. The van der Waals surface area contributed by atoms with Gasteiger partial charge in [-0.2, -0.15) is 0 Å². The highest BCUT2D eigenvalue weighted by Crippen LogP contribution is 2.23. The number of hydrogen-bond acceptors (Lipinski definition) is 2. The Morgan fingerprint density at radius 1 is 1.15 bits per heavy atom. The molecule has 2 heteroatoms. The summed E-state index contributed by atoms with van der Waals surface area (Å²) in [6, 6.07) is 11.7. The molecule has 20 heavy (non-hydrogen) atoms. The third-order valence-corrected chi connectivity index (χ3v) is 3.36. The van der Waals surface area contributed by atoms with Gasteiger partial charge in [0.1, 0.15) is 5.75 Å². The second kappa shape index (κ2) is 6.20. The Bertz CT molecular complexity index is 656. The molecule has 0 saturated heterocycles. The average Bonchev–Trinajstić information content (AvgIpc) is 2.44. The lowest BCUT2D eigenvalue weighted by molar-refractivity contribution is 0.469. The van der Waals surface area contributed by atoms with Gasteiger partial charge in [0.2, 0.25) is 0 Å². The second-order valence-electron chi connectivity index (χ2n) is 4.87. The minimum absolute atomic E-state index is 0.278. The van der Waals surface area contributed by atoms with Crippen LogP contribution in [0.5, 0.6) is 5.75 Å². The summed E-state index contributed by atoms with van der Waals surface area (Å²) in [4.78, 5) is 4.43. The first-order valence-corrected chi connectivity index (χ1v) is 6.65. The minimum atomic E-state index is 0.278. The molecular formula is C18H19NO. The van der Waals surface area contributed by atoms with Gasteiger partial charge in [-0.25, -0.2) is 0 Å². The van der Waals surface area contributed by atoms with Gasteiger partial charge >= 0.3 is 0 Å². The van der Waals surface area contributed by atoms with E-state index in [2.05, 4.69) is 31.5 Å². The van der Waals surface area contributed by atoms with E-state index in [1.54, 1.807) is 12.3 Å². The predicted molar refractivity (Wildman–Crippen MR) is 85.2 cm³/mol. The number of phenols is 1. The van der Waals surface area contributed by atoms with E-state index < -0.39 is 0 Å². The molecule has 0 aliphatic rings. The van der Waals surface area contributed by atoms with Crippen molar-refractivity contribution in [3.05, 3.63) is 71.3 Å². The number of nitrogens with zero attached hydrogens (tertiary/aromatic N) is 1. The maximum Gasteiger partial charge on any atom is 0.127 e. The fourth-order valence-corrected chi connectivity index (χ4v) is 1.99. The summed E-state index contributed by atoms with van der Waals surface area (Å²) >= 11 is 0. The molecule has 2 nitrogen and oxygen atoms in total. The van der Waals surface area contributed by atoms with Crippen molar-refractivity contribution in [2.24, 2.45) is 4.99 Å². The Kier molecular flexibility index (Phi) is 4.36. The number of hydrogen-bond donors (Lipinski definition) is 1. The molecule has 0 unspecified atom stereocenters. The van der Waals surface area contributed by atoms with E-state index >= 15 is 0 Å². The maximum absolute atomic E-state index is 10.2. The van der Waals surface area contributed by atoms with E-state index in [4.69, 9.17) is 0 Å². The van der Waals surface area contributed by atoms with Crippen molar-refractivity contribution in [2.75, 3.05) is 0 Å². The molecule has 0 radical (unpaired) electrons. The highest BCUT2D eigenvalue weighted by molar-refractivity contribution is 5.86. The summed E-state index contributed by atoms with van der Waals surface area (Å²) in [6.07, 6.45) is 4.13. The fraction of sp³-hybridized carbons (Fsp3) is 0.167. The van der Waals surface area contributed by atoms with Crippen LogP contribution in [0.2, 0.25) is 0 Å². The summed E-state index contributed by atoms with van der Waals surface area (Å²) in [5, 5.41) is 10.2. The molecule has 0 bridgehead atoms. The highest BCUT2D eigenvalue weighted by Gasteiger charge is 2.03. The van der Waals surface area contributed by atoms with E-state index in [9.17, 15) is 5.11 Å². The van der Waals surface area contributed by atoms with E-state index in [0.29, 0.717) is 6.42 Å². The summed E-state index contributed by atoms with van der Waals surface area (Å²) in [6.45, 7) is 7.84. The van der Waals surface area contributed by atoms with E-state index in [1.165, 1.54) is 11.1 Å². The number of para-hydroxylation sites is 1. The van der Waals surface area contributed by atoms with Crippen LogP contribution in [0.3, 0.4) is 0 Å². The van der Waals surface area contributed by atoms with Crippen molar-refractivity contribution >= 4 is 11.9 Å². The first kappa shape index (κ1) is 14.1. The smallest absolute Gasteiger partial charge is 0.127 e. The molecule has 2 aromatic rings. The zero-order valence-corrected chi connectivity index (χ0v) is 11.9. The normalized spacial score (nSPS) is 10.9. The van der Waals surface area contributed by atoms with Crippen LogP contribution < -0.4 is 0 Å². The van der Waals surface area contributed by atoms with Gasteiger partial charge in [-0.1, -0.05) is 24.3 Å². The standard InChI is InChI=1S/C18H19NO/c1-4-6-15-7-5-8-16(18(15)20)12-19-17-10-9-13(2)14(3)11-17/h4-5,7-12,20H,1,6H2,2-3H3. The molecule has 0 aliphatic carbocycles. The van der Waals surface area contributed by atoms with Gasteiger partial charge in [-0.3, -0.25) is 4.99 Å². The van der Waals surface area contributed by atoms with E-state index in [1.807, 2.05) is 30.3 Å². The molecule has 0 heterocycles. The molecule has 2 rings (SSSR count). The van der Waals surface area contributed by atoms with Crippen LogP contribution in [-0.4, -0.2) is 11.3 Å². The molecule has 0 spiro atoms. The van der Waals surface area contributed by atoms with Gasteiger partial charge in [0, 0.05) is 11.8 Å². The van der Waals surface area contributed by atoms with E-state index in [0.717, 1.165) is 16.8 Å². The van der Waals surface area contributed by atoms with Crippen molar-refractivity contribution in [3.8, 4) is 5.75 Å². The van der Waals surface area contributed by atoms with Gasteiger partial charge in [-0.05, 0) is 55.2 Å². The van der Waals surface area contributed by atoms with Crippen molar-refractivity contribution in [3.63, 3.8) is 0 Å². The van der Waals surface area contributed by atoms with Gasteiger partial charge in [0.15, 0.2) is 0 Å². The number of allylic oxidation sites excluding steroid dienone is 1. The first-order valence-electron chi connectivity index (χ1n) is 6.65. The number of benzene rings is 2. The molecular weight excluding hydrogens is 246 g/mol. The molecule has 0 aliphatic heterocycles. The number of rotatable bonds is 4. The molecule has 0 amide bonds. The zero-order valence-electron chi connectivity index (χ0n) is 11.9. The lowest BCUT2D eigenvalue weighted by Gasteiger charge is -2.05. The second-order valence-corrected chi connectivity index (χ2v) is 4.87. The van der Waals surface area contributed by atoms with Crippen LogP contribution in [-0.2, 0) is 6.42 Å². The number of aryl methyl sites for hydroxylation is 2. The van der Waals surface area contributed by atoms with Crippen LogP contribution in [0, 0.1) is 13.8 Å². The Hall–Kier alpha value is -2.35. The molecule has 2 aromatic carbocycles. The third kappa shape index (κ3) is 3.15. The Balaban J connectivity index is 2.29. The largest absolute Gasteiger partial charge is 0.507 e. The van der Waals surface area contributed by atoms with Crippen molar-refractivity contribution in [2.45, 2.75) is 20.3 Å². The highest BCUT2D eigenvalue weighted by atomic mass is 16.3. The van der Waals surface area contributed by atoms with Gasteiger partial charge in [-0.15, -0.1) is 6.58 Å². The van der Waals surface area contributed by atoms with Crippen LogP contribution >= 0.6 is 0 Å². The predicted octanol–water partition coefficient (Wildman–Crippen LogP) is 4.49. The molecule has 0 aromatic heterocycles. The van der Waals surface area contributed by atoms with Crippen LogP contribution in [0.1, 0.15) is 22.3 Å². The van der Waals surface area contributed by atoms with Crippen molar-refractivity contribution in [1.29, 1.82) is 0 Å². The van der Waals surface area contributed by atoms with Gasteiger partial charge in [0.05, 0.1) is 5.69 Å². The Morgan fingerprint density at radius 3 is 2.65 bits per heavy atom. The van der Waals surface area contributed by atoms with Crippen LogP contribution in [0.25, 0.3) is 0 Å². The number of aromatic hydroxyl groups is 1. The zero-order chi connectivity index (χ0) is 14.5. The van der Waals surface area contributed by atoms with E-state index in [-0.39, 0.29) is 5.75 Å². The fourth-order valence-electron chi connectivity index (χ4n) is 1.99. The summed E-state index contributed by atoms with van der Waals surface area (Å²) in [5.74, 6) is 0.278. The first-order chi connectivity index (χ1) is 9.61. The number of phenolic OH excluding ortho intramolecular Hbond substituents is 1. The quantitative estimate of drug-likeness (QED) is 0.641. The summed E-state index contributed by atoms with van der Waals surface area (Å²) < 4.78 is 0. The van der Waals surface area contributed by atoms with Crippen molar-refractivity contribution in [1.82, 2.24) is 0 Å². The number of aliphatic imine (C=N–C) groups is 1. The SMILES string of the molecule is C=CCc1cccc(C=Nc2ccc(C)c(C)c2)c1O. The van der Waals surface area contributed by atoms with Crippen LogP contribution in [0.15, 0.2) is 54.0 Å². The lowest BCUT2D eigenvalue weighted by atomic mass is 10.1. The van der Waals surface area contributed by atoms with Crippen LogP contribution in [0.4, 0.5) is 5.69 Å². The van der Waals surface area contributed by atoms with Gasteiger partial charge < -0.3 is 5.11 Å². The molecule has 0 atom stereocenters. The molecule has 102 valence electrons. The molecule has 1 N–H and O–H groups in total. The maximum atomic E-state index is 10.2. The topological polar surface area (TPSA) is 32.6 Å². The van der Waals surface area contributed by atoms with Gasteiger partial charge in [0.25, 0.3) is 0 Å². The molecule has 0 saturated carbocycles. The minimum Gasteiger partial charge on any atom is -0.507 e. The average molecular weight is 265 g/mol. The third-order valence-electron chi connectivity index (χ3n) is 3.36. The van der Waals surface area contributed by atoms with Crippen molar-refractivity contribution < 1.29 is 5.11 Å². The summed E-state index contributed by atoms with van der Waals surface area (Å²) in [7, 11) is 0. The Labute approximate surface area is 120 Å². The monoisotopic (exact) mass is 265 g/mol. The Morgan fingerprint density at radius 2 is 1.95 bits per heavy atom. The lowest BCUT2D eigenvalue weighted by Crippen LogP contribution is -1.88. The molecule has 0 fully saturated rings.